The zero-order valence-electron chi connectivity index (χ0n) is 15.6. The highest BCUT2D eigenvalue weighted by Crippen LogP contribution is 2.30. The van der Waals surface area contributed by atoms with Crippen molar-refractivity contribution in [1.29, 1.82) is 5.26 Å². The van der Waals surface area contributed by atoms with E-state index in [1.807, 2.05) is 4.90 Å². The number of nitrogens with zero attached hydrogens (tertiary/aromatic N) is 3. The number of nitriles is 1. The summed E-state index contributed by atoms with van der Waals surface area (Å²) in [6.07, 6.45) is 3.34. The Kier molecular flexibility index (Phi) is 7.46. The van der Waals surface area contributed by atoms with E-state index in [0.29, 0.717) is 27.8 Å². The molecular formula is C19H25N3O3S. The molecule has 1 aromatic heterocycles. The van der Waals surface area contributed by atoms with Crippen molar-refractivity contribution in [2.75, 3.05) is 25.4 Å². The van der Waals surface area contributed by atoms with Crippen LogP contribution in [0, 0.1) is 24.2 Å². The lowest BCUT2D eigenvalue weighted by atomic mass is 10.1. The fraction of sp³-hybridized carbons (Fsp3) is 0.579. The third-order valence-corrected chi connectivity index (χ3v) is 5.12. The van der Waals surface area contributed by atoms with Crippen LogP contribution in [0.3, 0.4) is 0 Å². The molecule has 0 bridgehead atoms. The molecule has 1 aromatic rings. The highest BCUT2D eigenvalue weighted by atomic mass is 32.2. The van der Waals surface area contributed by atoms with Crippen molar-refractivity contribution in [2.45, 2.75) is 45.1 Å². The lowest BCUT2D eigenvalue weighted by Gasteiger charge is -2.22. The van der Waals surface area contributed by atoms with Crippen LogP contribution in [0.25, 0.3) is 0 Å². The first-order valence-corrected chi connectivity index (χ1v) is 9.98. The Morgan fingerprint density at radius 1 is 1.42 bits per heavy atom. The van der Waals surface area contributed by atoms with Gasteiger partial charge in [0, 0.05) is 13.1 Å². The predicted octanol–water partition coefficient (Wildman–Crippen LogP) is 3.18. The number of carbonyl (C=O) groups is 2. The van der Waals surface area contributed by atoms with Crippen molar-refractivity contribution in [3.8, 4) is 6.07 Å². The smallest absolute Gasteiger partial charge is 0.340 e. The number of ether oxygens (including phenoxy) is 1. The summed E-state index contributed by atoms with van der Waals surface area (Å²) in [6, 6.07) is 3.57. The predicted molar refractivity (Wildman–Crippen MR) is 100.0 cm³/mol. The number of aryl methyl sites for hydroxylation is 1. The van der Waals surface area contributed by atoms with E-state index >= 15 is 0 Å². The molecule has 0 radical (unpaired) electrons. The molecule has 1 fully saturated rings. The van der Waals surface area contributed by atoms with Gasteiger partial charge in [0.1, 0.15) is 11.1 Å². The van der Waals surface area contributed by atoms with Gasteiger partial charge in [-0.2, -0.15) is 5.26 Å². The van der Waals surface area contributed by atoms with Gasteiger partial charge in [-0.05, 0) is 45.1 Å². The first kappa shape index (κ1) is 20.2. The number of pyridine rings is 1. The van der Waals surface area contributed by atoms with Gasteiger partial charge < -0.3 is 9.64 Å². The van der Waals surface area contributed by atoms with Crippen LogP contribution in [-0.4, -0.2) is 47.2 Å². The van der Waals surface area contributed by atoms with E-state index < -0.39 is 5.97 Å². The largest absolute Gasteiger partial charge is 0.462 e. The van der Waals surface area contributed by atoms with Crippen LogP contribution in [0.5, 0.6) is 0 Å². The number of amides is 1. The first-order chi connectivity index (χ1) is 12.5. The van der Waals surface area contributed by atoms with Crippen LogP contribution >= 0.6 is 11.8 Å². The molecule has 140 valence electrons. The van der Waals surface area contributed by atoms with Gasteiger partial charge in [0.2, 0.25) is 5.91 Å². The topological polar surface area (TPSA) is 83.3 Å². The second-order valence-corrected chi connectivity index (χ2v) is 7.34. The van der Waals surface area contributed by atoms with Crippen LogP contribution in [0.15, 0.2) is 11.1 Å². The van der Waals surface area contributed by atoms with Gasteiger partial charge in [-0.25, -0.2) is 9.78 Å². The normalized spacial score (nSPS) is 13.2. The lowest BCUT2D eigenvalue weighted by molar-refractivity contribution is -0.128. The highest BCUT2D eigenvalue weighted by Gasteiger charge is 2.26. The maximum absolute atomic E-state index is 12.5. The summed E-state index contributed by atoms with van der Waals surface area (Å²) in [5.74, 6) is 0.475. The monoisotopic (exact) mass is 375 g/mol. The molecule has 7 heteroatoms. The minimum absolute atomic E-state index is 0.0709. The fourth-order valence-electron chi connectivity index (χ4n) is 2.61. The van der Waals surface area contributed by atoms with Crippen molar-refractivity contribution in [1.82, 2.24) is 9.88 Å². The third-order valence-electron chi connectivity index (χ3n) is 4.15. The van der Waals surface area contributed by atoms with Crippen LogP contribution in [0.1, 0.15) is 54.7 Å². The number of rotatable bonds is 9. The number of thioether (sulfide) groups is 1. The molecule has 0 N–H and O–H groups in total. The highest BCUT2D eigenvalue weighted by molar-refractivity contribution is 8.00. The molecule has 0 spiro atoms. The Labute approximate surface area is 158 Å². The molecule has 1 amide bonds. The van der Waals surface area contributed by atoms with Crippen LogP contribution in [0.4, 0.5) is 0 Å². The van der Waals surface area contributed by atoms with Crippen molar-refractivity contribution in [3.05, 3.63) is 22.9 Å². The molecule has 1 aliphatic rings. The van der Waals surface area contributed by atoms with E-state index in [-0.39, 0.29) is 18.3 Å². The van der Waals surface area contributed by atoms with E-state index in [1.54, 1.807) is 13.8 Å². The van der Waals surface area contributed by atoms with E-state index in [0.717, 1.165) is 19.5 Å². The van der Waals surface area contributed by atoms with Gasteiger partial charge in [0.15, 0.2) is 0 Å². The summed E-state index contributed by atoms with van der Waals surface area (Å²) in [5, 5.41) is 9.86. The molecule has 1 heterocycles. The van der Waals surface area contributed by atoms with Crippen LogP contribution in [-0.2, 0) is 9.53 Å². The number of aromatic nitrogens is 1. The summed E-state index contributed by atoms with van der Waals surface area (Å²) in [5.41, 5.74) is 1.09. The zero-order chi connectivity index (χ0) is 19.1. The summed E-state index contributed by atoms with van der Waals surface area (Å²) in [4.78, 5) is 30.8. The van der Waals surface area contributed by atoms with Crippen molar-refractivity contribution < 1.29 is 14.3 Å². The number of hydrogen-bond acceptors (Lipinski definition) is 6. The van der Waals surface area contributed by atoms with Gasteiger partial charge in [0.05, 0.1) is 29.2 Å². The Hall–Kier alpha value is -2.07. The summed E-state index contributed by atoms with van der Waals surface area (Å²) in [6.45, 7) is 7.34. The van der Waals surface area contributed by atoms with Gasteiger partial charge in [-0.15, -0.1) is 0 Å². The van der Waals surface area contributed by atoms with Crippen LogP contribution < -0.4 is 0 Å². The Morgan fingerprint density at radius 3 is 2.73 bits per heavy atom. The van der Waals surface area contributed by atoms with E-state index in [9.17, 15) is 14.9 Å². The average Bonchev–Trinajstić information content (AvgIpc) is 3.43. The maximum Gasteiger partial charge on any atom is 0.340 e. The summed E-state index contributed by atoms with van der Waals surface area (Å²) in [7, 11) is 0. The fourth-order valence-corrected chi connectivity index (χ4v) is 3.51. The second-order valence-electron chi connectivity index (χ2n) is 6.38. The van der Waals surface area contributed by atoms with E-state index in [2.05, 4.69) is 18.0 Å². The lowest BCUT2D eigenvalue weighted by Crippen LogP contribution is -2.35. The molecule has 0 atom stereocenters. The molecule has 1 saturated carbocycles. The molecular weight excluding hydrogens is 350 g/mol. The standard InChI is InChI=1S/C19H25N3O3S/c1-4-8-22(11-14-6-7-14)17(23)12-26-18-15(10-20)9-16(13(3)21-18)19(24)25-5-2/h9,14H,4-8,11-12H2,1-3H3. The maximum atomic E-state index is 12.5. The molecule has 2 rings (SSSR count). The van der Waals surface area contributed by atoms with Gasteiger partial charge in [-0.3, -0.25) is 4.79 Å². The number of esters is 1. The van der Waals surface area contributed by atoms with Crippen molar-refractivity contribution in [2.24, 2.45) is 5.92 Å². The quantitative estimate of drug-likeness (QED) is 0.487. The SMILES string of the molecule is CCCN(CC1CC1)C(=O)CSc1nc(C)c(C(=O)OCC)cc1C#N. The first-order valence-electron chi connectivity index (χ1n) is 8.99. The second kappa shape index (κ2) is 9.58. The van der Waals surface area contributed by atoms with Gasteiger partial charge in [0.25, 0.3) is 0 Å². The molecule has 1 aliphatic carbocycles. The van der Waals surface area contributed by atoms with Gasteiger partial charge in [-0.1, -0.05) is 18.7 Å². The Morgan fingerprint density at radius 2 is 2.15 bits per heavy atom. The van der Waals surface area contributed by atoms with E-state index in [1.165, 1.54) is 30.7 Å². The number of hydrogen-bond donors (Lipinski definition) is 0. The molecule has 0 aliphatic heterocycles. The zero-order valence-corrected chi connectivity index (χ0v) is 16.4. The molecule has 0 saturated heterocycles. The summed E-state index contributed by atoms with van der Waals surface area (Å²) >= 11 is 1.25. The summed E-state index contributed by atoms with van der Waals surface area (Å²) < 4.78 is 4.99. The molecule has 6 nitrogen and oxygen atoms in total. The third kappa shape index (κ3) is 5.46. The Bertz CT molecular complexity index is 711. The Balaban J connectivity index is 2.08. The number of carbonyl (C=O) groups excluding carboxylic acids is 2. The minimum Gasteiger partial charge on any atom is -0.462 e. The van der Waals surface area contributed by atoms with E-state index in [4.69, 9.17) is 4.74 Å². The minimum atomic E-state index is -0.486. The average molecular weight is 375 g/mol. The van der Waals surface area contributed by atoms with Crippen molar-refractivity contribution >= 4 is 23.6 Å². The van der Waals surface area contributed by atoms with Gasteiger partial charge >= 0.3 is 5.97 Å². The van der Waals surface area contributed by atoms with Crippen LogP contribution in [0.2, 0.25) is 0 Å². The molecule has 26 heavy (non-hydrogen) atoms. The molecule has 0 aromatic carbocycles. The molecule has 0 unspecified atom stereocenters. The van der Waals surface area contributed by atoms with Crippen molar-refractivity contribution in [3.63, 3.8) is 0 Å².